The molecule has 0 heterocycles. The second kappa shape index (κ2) is 5.22. The van der Waals surface area contributed by atoms with E-state index in [1.807, 2.05) is 0 Å². The van der Waals surface area contributed by atoms with Crippen molar-refractivity contribution < 1.29 is 22.0 Å². The van der Waals surface area contributed by atoms with Crippen LogP contribution in [0.1, 0.15) is 25.5 Å². The molecule has 1 N–H and O–H groups in total. The third-order valence-electron chi connectivity index (χ3n) is 2.72. The van der Waals surface area contributed by atoms with Crippen LogP contribution < -0.4 is 5.32 Å². The molecule has 18 heavy (non-hydrogen) atoms. The minimum Gasteiger partial charge on any atom is -0.302 e. The van der Waals surface area contributed by atoms with E-state index in [2.05, 4.69) is 5.32 Å². The van der Waals surface area contributed by atoms with Crippen molar-refractivity contribution >= 4 is 0 Å². The molecule has 6 heteroatoms. The molecule has 102 valence electrons. The molecule has 0 spiro atoms. The lowest BCUT2D eigenvalue weighted by Crippen LogP contribution is -2.52. The summed E-state index contributed by atoms with van der Waals surface area (Å²) in [4.78, 5) is 0. The van der Waals surface area contributed by atoms with Gasteiger partial charge in [0.1, 0.15) is 0 Å². The van der Waals surface area contributed by atoms with E-state index in [1.54, 1.807) is 30.3 Å². The van der Waals surface area contributed by atoms with Crippen molar-refractivity contribution in [1.29, 1.82) is 0 Å². The van der Waals surface area contributed by atoms with Gasteiger partial charge in [-0.3, -0.25) is 0 Å². The Morgan fingerprint density at radius 3 is 1.89 bits per heavy atom. The largest absolute Gasteiger partial charge is 0.454 e. The van der Waals surface area contributed by atoms with Crippen LogP contribution in [0.25, 0.3) is 0 Å². The average Bonchev–Trinajstić information content (AvgIpc) is 2.28. The minimum absolute atomic E-state index is 0.588. The van der Waals surface area contributed by atoms with Gasteiger partial charge in [-0.15, -0.1) is 0 Å². The lowest BCUT2D eigenvalue weighted by atomic mass is 10.1. The van der Waals surface area contributed by atoms with Crippen LogP contribution >= 0.6 is 0 Å². The maximum absolute atomic E-state index is 13.0. The fourth-order valence-electron chi connectivity index (χ4n) is 1.56. The van der Waals surface area contributed by atoms with Crippen LogP contribution in [0, 0.1) is 0 Å². The molecule has 0 radical (unpaired) electrons. The molecule has 0 saturated carbocycles. The molecular weight excluding hydrogens is 253 g/mol. The van der Waals surface area contributed by atoms with Crippen molar-refractivity contribution in [2.45, 2.75) is 38.0 Å². The lowest BCUT2D eigenvalue weighted by molar-refractivity contribution is -0.291. The maximum atomic E-state index is 13.0. The summed E-state index contributed by atoms with van der Waals surface area (Å²) in [6.07, 6.45) is -5.55. The second-order valence-corrected chi connectivity index (χ2v) is 4.14. The predicted octanol–water partition coefficient (Wildman–Crippen LogP) is 3.92. The molecule has 0 aliphatic carbocycles. The van der Waals surface area contributed by atoms with Crippen LogP contribution in [0.4, 0.5) is 22.0 Å². The number of hydrogen-bond donors (Lipinski definition) is 1. The minimum atomic E-state index is -5.55. The van der Waals surface area contributed by atoms with Gasteiger partial charge in [-0.2, -0.15) is 22.0 Å². The Bertz CT molecular complexity index is 374. The summed E-state index contributed by atoms with van der Waals surface area (Å²) >= 11 is 0. The standard InChI is InChI=1S/C12H14F5N/c1-8(10-6-4-3-5-7-10)18-9(2)11(13,14)12(15,16)17/h3-9,18H,1-2H3/t8-,9?/m0/s1. The van der Waals surface area contributed by atoms with Crippen LogP contribution in [0.5, 0.6) is 0 Å². The molecule has 0 amide bonds. The van der Waals surface area contributed by atoms with E-state index >= 15 is 0 Å². The van der Waals surface area contributed by atoms with Gasteiger partial charge in [0, 0.05) is 6.04 Å². The second-order valence-electron chi connectivity index (χ2n) is 4.14. The fraction of sp³-hybridized carbons (Fsp3) is 0.500. The summed E-state index contributed by atoms with van der Waals surface area (Å²) in [5.74, 6) is -4.75. The monoisotopic (exact) mass is 267 g/mol. The van der Waals surface area contributed by atoms with Gasteiger partial charge in [-0.1, -0.05) is 30.3 Å². The zero-order valence-corrected chi connectivity index (χ0v) is 9.93. The Morgan fingerprint density at radius 1 is 0.944 bits per heavy atom. The van der Waals surface area contributed by atoms with Crippen LogP contribution in [-0.2, 0) is 0 Å². The fourth-order valence-corrected chi connectivity index (χ4v) is 1.56. The van der Waals surface area contributed by atoms with E-state index in [1.165, 1.54) is 6.92 Å². The van der Waals surface area contributed by atoms with Crippen molar-refractivity contribution in [3.8, 4) is 0 Å². The summed E-state index contributed by atoms with van der Waals surface area (Å²) in [7, 11) is 0. The molecule has 0 bridgehead atoms. The highest BCUT2D eigenvalue weighted by Crippen LogP contribution is 2.38. The Balaban J connectivity index is 2.74. The number of nitrogens with one attached hydrogen (secondary N) is 1. The van der Waals surface area contributed by atoms with Gasteiger partial charge in [0.25, 0.3) is 0 Å². The summed E-state index contributed by atoms with van der Waals surface area (Å²) in [6, 6.07) is 5.87. The van der Waals surface area contributed by atoms with Gasteiger partial charge in [-0.25, -0.2) is 0 Å². The Morgan fingerprint density at radius 2 is 1.44 bits per heavy atom. The first-order valence-corrected chi connectivity index (χ1v) is 5.41. The molecule has 0 fully saturated rings. The first-order chi connectivity index (χ1) is 8.16. The van der Waals surface area contributed by atoms with Gasteiger partial charge < -0.3 is 5.32 Å². The molecule has 0 aliphatic rings. The quantitative estimate of drug-likeness (QED) is 0.815. The van der Waals surface area contributed by atoms with Crippen molar-refractivity contribution in [3.63, 3.8) is 0 Å². The highest BCUT2D eigenvalue weighted by atomic mass is 19.4. The first-order valence-electron chi connectivity index (χ1n) is 5.41. The van der Waals surface area contributed by atoms with Crippen LogP contribution in [0.2, 0.25) is 0 Å². The number of alkyl halides is 5. The third kappa shape index (κ3) is 3.19. The SMILES string of the molecule is CC(N[C@@H](C)c1ccccc1)C(F)(F)C(F)(F)F. The molecule has 0 aromatic heterocycles. The van der Waals surface area contributed by atoms with Crippen LogP contribution in [0.3, 0.4) is 0 Å². The van der Waals surface area contributed by atoms with E-state index in [-0.39, 0.29) is 0 Å². The van der Waals surface area contributed by atoms with Crippen molar-refractivity contribution in [1.82, 2.24) is 5.32 Å². The molecule has 1 unspecified atom stereocenters. The van der Waals surface area contributed by atoms with E-state index < -0.39 is 24.2 Å². The lowest BCUT2D eigenvalue weighted by Gasteiger charge is -2.29. The van der Waals surface area contributed by atoms with Crippen molar-refractivity contribution in [3.05, 3.63) is 35.9 Å². The van der Waals surface area contributed by atoms with Crippen molar-refractivity contribution in [2.24, 2.45) is 0 Å². The highest BCUT2D eigenvalue weighted by molar-refractivity contribution is 5.18. The molecular formula is C12H14F5N. The van der Waals surface area contributed by atoms with Gasteiger partial charge in [-0.05, 0) is 19.4 Å². The molecule has 0 saturated heterocycles. The van der Waals surface area contributed by atoms with Crippen LogP contribution in [0.15, 0.2) is 30.3 Å². The summed E-state index contributed by atoms with van der Waals surface area (Å²) < 4.78 is 62.5. The number of benzene rings is 1. The normalized spacial score (nSPS) is 16.4. The van der Waals surface area contributed by atoms with Gasteiger partial charge in [0.05, 0.1) is 6.04 Å². The summed E-state index contributed by atoms with van der Waals surface area (Å²) in [5.41, 5.74) is 0.655. The van der Waals surface area contributed by atoms with Gasteiger partial charge in [0.15, 0.2) is 0 Å². The van der Waals surface area contributed by atoms with E-state index in [0.717, 1.165) is 6.92 Å². The molecule has 1 aromatic rings. The number of rotatable bonds is 4. The third-order valence-corrected chi connectivity index (χ3v) is 2.72. The van der Waals surface area contributed by atoms with Gasteiger partial charge >= 0.3 is 12.1 Å². The molecule has 1 rings (SSSR count). The van der Waals surface area contributed by atoms with Crippen molar-refractivity contribution in [2.75, 3.05) is 0 Å². The predicted molar refractivity (Wildman–Crippen MR) is 58.5 cm³/mol. The molecule has 2 atom stereocenters. The molecule has 0 aliphatic heterocycles. The Labute approximate surface area is 102 Å². The smallest absolute Gasteiger partial charge is 0.302 e. The van der Waals surface area contributed by atoms with E-state index in [9.17, 15) is 22.0 Å². The highest BCUT2D eigenvalue weighted by Gasteiger charge is 2.60. The van der Waals surface area contributed by atoms with Crippen LogP contribution in [-0.4, -0.2) is 18.1 Å². The average molecular weight is 267 g/mol. The number of hydrogen-bond acceptors (Lipinski definition) is 1. The Hall–Kier alpha value is -1.17. The maximum Gasteiger partial charge on any atom is 0.454 e. The van der Waals surface area contributed by atoms with E-state index in [0.29, 0.717) is 5.56 Å². The Kier molecular flexibility index (Phi) is 4.32. The van der Waals surface area contributed by atoms with E-state index in [4.69, 9.17) is 0 Å². The zero-order chi connectivity index (χ0) is 14.0. The first kappa shape index (κ1) is 14.9. The van der Waals surface area contributed by atoms with Gasteiger partial charge in [0.2, 0.25) is 0 Å². The number of halogens is 5. The zero-order valence-electron chi connectivity index (χ0n) is 9.93. The molecule has 1 nitrogen and oxygen atoms in total. The topological polar surface area (TPSA) is 12.0 Å². The molecule has 1 aromatic carbocycles. The summed E-state index contributed by atoms with van der Waals surface area (Å²) in [6.45, 7) is 2.37. The summed E-state index contributed by atoms with van der Waals surface area (Å²) in [5, 5.41) is 2.27.